The molecule has 0 radical (unpaired) electrons. The minimum atomic E-state index is -1.22. The summed E-state index contributed by atoms with van der Waals surface area (Å²) in [5, 5.41) is 32.6. The van der Waals surface area contributed by atoms with Crippen molar-refractivity contribution in [3.8, 4) is 23.4 Å². The largest absolute Gasteiger partial charge is 0.478 e. The minimum Gasteiger partial charge on any atom is -0.478 e. The molecular weight excluding hydrogens is 427 g/mol. The Balaban J connectivity index is 1.79. The van der Waals surface area contributed by atoms with Crippen LogP contribution in [0.2, 0.25) is 0 Å². The summed E-state index contributed by atoms with van der Waals surface area (Å²) in [5.74, 6) is -1.58. The number of fused-ring (bicyclic) bond motifs is 1. The number of carboxylic acids is 1. The van der Waals surface area contributed by atoms with Gasteiger partial charge in [0.05, 0.1) is 11.3 Å². The highest BCUT2D eigenvalue weighted by atomic mass is 19.1. The summed E-state index contributed by atoms with van der Waals surface area (Å²) < 4.78 is 14.5. The predicted octanol–water partition coefficient (Wildman–Crippen LogP) is 2.56. The Hall–Kier alpha value is -5.16. The van der Waals surface area contributed by atoms with Gasteiger partial charge in [-0.25, -0.2) is 19.2 Å². The molecule has 1 unspecified atom stereocenters. The molecule has 1 aromatic heterocycles. The van der Waals surface area contributed by atoms with Crippen LogP contribution < -0.4 is 22.1 Å². The fourth-order valence-electron chi connectivity index (χ4n) is 3.55. The number of hydrogen-bond donors (Lipinski definition) is 5. The summed E-state index contributed by atoms with van der Waals surface area (Å²) in [6.45, 7) is 0. The number of nitrogens with zero attached hydrogens (tertiary/aromatic N) is 4. The normalized spacial score (nSPS) is 14.2. The van der Waals surface area contributed by atoms with Gasteiger partial charge in [-0.1, -0.05) is 30.3 Å². The van der Waals surface area contributed by atoms with Gasteiger partial charge in [-0.05, 0) is 23.3 Å². The molecule has 10 nitrogen and oxygen atoms in total. The third-order valence-corrected chi connectivity index (χ3v) is 5.11. The first kappa shape index (κ1) is 21.1. The summed E-state index contributed by atoms with van der Waals surface area (Å²) in [5.41, 5.74) is 13.8. The maximum Gasteiger partial charge on any atom is 0.335 e. The lowest BCUT2D eigenvalue weighted by Crippen LogP contribution is -2.32. The fraction of sp³-hybridized carbons (Fsp3) is 0.0455. The zero-order valence-corrected chi connectivity index (χ0v) is 16.8. The van der Waals surface area contributed by atoms with Gasteiger partial charge in [0.25, 0.3) is 0 Å². The van der Waals surface area contributed by atoms with E-state index in [0.29, 0.717) is 16.7 Å². The van der Waals surface area contributed by atoms with E-state index in [1.165, 1.54) is 12.1 Å². The van der Waals surface area contributed by atoms with Crippen molar-refractivity contribution < 1.29 is 14.3 Å². The molecule has 0 saturated heterocycles. The molecule has 1 aliphatic heterocycles. The Morgan fingerprint density at radius 3 is 2.52 bits per heavy atom. The molecule has 2 heterocycles. The van der Waals surface area contributed by atoms with Gasteiger partial charge >= 0.3 is 5.97 Å². The Labute approximate surface area is 186 Å². The summed E-state index contributed by atoms with van der Waals surface area (Å²) in [6.07, 6.45) is 1.77. The van der Waals surface area contributed by atoms with Crippen LogP contribution in [0.3, 0.4) is 0 Å². The van der Waals surface area contributed by atoms with Crippen molar-refractivity contribution in [1.82, 2.24) is 10.3 Å². The number of rotatable bonds is 3. The first-order chi connectivity index (χ1) is 15.8. The smallest absolute Gasteiger partial charge is 0.335 e. The summed E-state index contributed by atoms with van der Waals surface area (Å²) >= 11 is 0. The quantitative estimate of drug-likeness (QED) is 0.300. The molecule has 0 aliphatic carbocycles. The third kappa shape index (κ3) is 3.71. The molecule has 2 aromatic carbocycles. The number of anilines is 3. The number of halogens is 1. The molecule has 1 aliphatic rings. The molecule has 0 spiro atoms. The maximum absolute atomic E-state index is 14.5. The van der Waals surface area contributed by atoms with Crippen LogP contribution in [-0.2, 0) is 0 Å². The number of pyridine rings is 1. The highest BCUT2D eigenvalue weighted by molar-refractivity contribution is 5.98. The molecule has 11 heteroatoms. The first-order valence-corrected chi connectivity index (χ1v) is 9.46. The highest BCUT2D eigenvalue weighted by Crippen LogP contribution is 2.40. The van der Waals surface area contributed by atoms with Crippen LogP contribution in [0.1, 0.15) is 33.1 Å². The van der Waals surface area contributed by atoms with E-state index >= 15 is 0 Å². The number of hydrogen-bond acceptors (Lipinski definition) is 9. The van der Waals surface area contributed by atoms with E-state index in [0.717, 1.165) is 6.07 Å². The van der Waals surface area contributed by atoms with Gasteiger partial charge < -0.3 is 21.9 Å². The van der Waals surface area contributed by atoms with Crippen molar-refractivity contribution in [2.45, 2.75) is 6.04 Å². The van der Waals surface area contributed by atoms with E-state index < -0.39 is 17.8 Å². The number of aromatic carboxylic acids is 1. The zero-order chi connectivity index (χ0) is 23.7. The van der Waals surface area contributed by atoms with Gasteiger partial charge in [0.2, 0.25) is 5.96 Å². The first-order valence-electron chi connectivity index (χ1n) is 9.46. The second-order valence-corrected chi connectivity index (χ2v) is 7.02. The van der Waals surface area contributed by atoms with Crippen LogP contribution in [0, 0.1) is 28.6 Å². The lowest BCUT2D eigenvalue weighted by molar-refractivity contribution is 0.0696. The number of carbonyl (C=O) groups is 1. The predicted molar refractivity (Wildman–Crippen MR) is 118 cm³/mol. The second kappa shape index (κ2) is 8.17. The van der Waals surface area contributed by atoms with Crippen molar-refractivity contribution in [3.05, 3.63) is 70.5 Å². The van der Waals surface area contributed by atoms with Gasteiger partial charge in [0, 0.05) is 11.1 Å². The monoisotopic (exact) mass is 442 g/mol. The standard InChI is InChI=1S/C22H15FN8O2/c23-15-7-12(21(32)33)5-6-13(15)10-1-3-11(4-2-10)18-16-17(26)14(8-24)19(27)30-20(16)31-22(29-18)28-9-25/h1-7,18H,(H,32,33)(H6,26,27,28,29,30,31). The lowest BCUT2D eigenvalue weighted by Gasteiger charge is -2.26. The van der Waals surface area contributed by atoms with Crippen LogP contribution in [0.4, 0.5) is 21.7 Å². The van der Waals surface area contributed by atoms with E-state index in [4.69, 9.17) is 21.8 Å². The maximum atomic E-state index is 14.5. The number of carboxylic acid groups (broad SMARTS) is 1. The molecule has 162 valence electrons. The van der Waals surface area contributed by atoms with E-state index in [-0.39, 0.29) is 40.0 Å². The average Bonchev–Trinajstić information content (AvgIpc) is 2.79. The summed E-state index contributed by atoms with van der Waals surface area (Å²) in [7, 11) is 0. The van der Waals surface area contributed by atoms with E-state index in [1.54, 1.807) is 30.5 Å². The van der Waals surface area contributed by atoms with Gasteiger partial charge in [0.1, 0.15) is 35.1 Å². The number of aromatic nitrogens is 1. The van der Waals surface area contributed by atoms with Crippen molar-refractivity contribution in [1.29, 1.82) is 10.5 Å². The van der Waals surface area contributed by atoms with Crippen molar-refractivity contribution in [2.24, 2.45) is 4.99 Å². The molecule has 33 heavy (non-hydrogen) atoms. The molecule has 7 N–H and O–H groups in total. The number of aliphatic imine (C=N–C) groups is 1. The van der Waals surface area contributed by atoms with Crippen LogP contribution >= 0.6 is 0 Å². The minimum absolute atomic E-state index is 0.0182. The summed E-state index contributed by atoms with van der Waals surface area (Å²) in [6, 6.07) is 11.5. The number of guanidine groups is 1. The van der Waals surface area contributed by atoms with Crippen molar-refractivity contribution in [2.75, 3.05) is 16.8 Å². The number of nitrogens with two attached hydrogens (primary N) is 2. The van der Waals surface area contributed by atoms with Gasteiger partial charge in [-0.2, -0.15) is 10.5 Å². The van der Waals surface area contributed by atoms with Crippen LogP contribution in [0.15, 0.2) is 47.5 Å². The number of nitriles is 2. The lowest BCUT2D eigenvalue weighted by atomic mass is 9.93. The Morgan fingerprint density at radius 1 is 1.18 bits per heavy atom. The Bertz CT molecular complexity index is 1400. The number of benzene rings is 2. The molecule has 0 saturated carbocycles. The number of nitrogen functional groups attached to an aromatic ring is 2. The highest BCUT2D eigenvalue weighted by Gasteiger charge is 2.29. The summed E-state index contributed by atoms with van der Waals surface area (Å²) in [4.78, 5) is 19.7. The van der Waals surface area contributed by atoms with Gasteiger partial charge in [-0.15, -0.1) is 0 Å². The molecular formula is C22H15FN8O2. The average molecular weight is 442 g/mol. The molecule has 0 bridgehead atoms. The molecule has 0 amide bonds. The second-order valence-electron chi connectivity index (χ2n) is 7.02. The molecule has 4 rings (SSSR count). The van der Waals surface area contributed by atoms with Gasteiger partial charge in [-0.3, -0.25) is 5.32 Å². The number of nitrogens with one attached hydrogen (secondary N) is 2. The van der Waals surface area contributed by atoms with E-state index in [2.05, 4.69) is 20.6 Å². The van der Waals surface area contributed by atoms with Crippen LogP contribution in [-0.4, -0.2) is 22.0 Å². The molecule has 0 fully saturated rings. The Kier molecular flexibility index (Phi) is 5.22. The topological polar surface area (TPSA) is 186 Å². The SMILES string of the molecule is N#CNC1=NC(c2ccc(-c3ccc(C(=O)O)cc3F)cc2)c2c(nc(N)c(C#N)c2N)N1. The van der Waals surface area contributed by atoms with Gasteiger partial charge in [0.15, 0.2) is 6.19 Å². The molecule has 3 aromatic rings. The molecule has 1 atom stereocenters. The van der Waals surface area contributed by atoms with Crippen molar-refractivity contribution in [3.63, 3.8) is 0 Å². The van der Waals surface area contributed by atoms with E-state index in [9.17, 15) is 14.4 Å². The van der Waals surface area contributed by atoms with Crippen LogP contribution in [0.25, 0.3) is 11.1 Å². The Morgan fingerprint density at radius 2 is 1.91 bits per heavy atom. The zero-order valence-electron chi connectivity index (χ0n) is 16.8. The van der Waals surface area contributed by atoms with E-state index in [1.807, 2.05) is 6.07 Å². The third-order valence-electron chi connectivity index (χ3n) is 5.11. The fourth-order valence-corrected chi connectivity index (χ4v) is 3.55. The van der Waals surface area contributed by atoms with Crippen molar-refractivity contribution >= 4 is 29.3 Å². The van der Waals surface area contributed by atoms with Crippen LogP contribution in [0.5, 0.6) is 0 Å².